The van der Waals surface area contributed by atoms with Crippen molar-refractivity contribution in [1.82, 2.24) is 15.1 Å². The normalized spacial score (nSPS) is 11.0. The van der Waals surface area contributed by atoms with Crippen molar-refractivity contribution in [3.05, 3.63) is 81.9 Å². The Kier molecular flexibility index (Phi) is 5.36. The van der Waals surface area contributed by atoms with Crippen LogP contribution in [0.4, 0.5) is 0 Å². The number of aryl methyl sites for hydroxylation is 2. The fourth-order valence-electron chi connectivity index (χ4n) is 3.31. The molecule has 0 spiro atoms. The van der Waals surface area contributed by atoms with Crippen LogP contribution in [0, 0.1) is 13.8 Å². The predicted octanol–water partition coefficient (Wildman–Crippen LogP) is 4.70. The zero-order valence-electron chi connectivity index (χ0n) is 16.7. The minimum absolute atomic E-state index is 0.0848. The average molecular weight is 406 g/mol. The van der Waals surface area contributed by atoms with Crippen LogP contribution in [0.1, 0.15) is 32.1 Å². The van der Waals surface area contributed by atoms with Crippen LogP contribution in [0.5, 0.6) is 5.75 Å². The van der Waals surface area contributed by atoms with E-state index in [1.165, 1.54) is 22.5 Å². The van der Waals surface area contributed by atoms with Gasteiger partial charge in [-0.15, -0.1) is 11.3 Å². The highest BCUT2D eigenvalue weighted by molar-refractivity contribution is 7.20. The summed E-state index contributed by atoms with van der Waals surface area (Å²) in [6.07, 6.45) is 0. The van der Waals surface area contributed by atoms with Crippen LogP contribution < -0.4 is 10.1 Å². The molecule has 1 amide bonds. The van der Waals surface area contributed by atoms with Crippen molar-refractivity contribution in [2.45, 2.75) is 26.9 Å². The molecule has 0 atom stereocenters. The first kappa shape index (κ1) is 19.2. The van der Waals surface area contributed by atoms with Crippen LogP contribution in [-0.2, 0) is 13.1 Å². The number of thiophene rings is 1. The van der Waals surface area contributed by atoms with Gasteiger partial charge in [-0.1, -0.05) is 48.0 Å². The van der Waals surface area contributed by atoms with Crippen LogP contribution in [0.3, 0.4) is 0 Å². The summed E-state index contributed by atoms with van der Waals surface area (Å²) >= 11 is 1.48. The van der Waals surface area contributed by atoms with Gasteiger partial charge >= 0.3 is 0 Å². The summed E-state index contributed by atoms with van der Waals surface area (Å²) in [6.45, 7) is 5.17. The number of hydrogen-bond donors (Lipinski definition) is 1. The number of methoxy groups -OCH3 is 1. The van der Waals surface area contributed by atoms with Crippen molar-refractivity contribution in [3.63, 3.8) is 0 Å². The molecule has 6 heteroatoms. The Balaban J connectivity index is 1.54. The lowest BCUT2D eigenvalue weighted by Gasteiger charge is -2.08. The average Bonchev–Trinajstić information content (AvgIpc) is 3.29. The van der Waals surface area contributed by atoms with E-state index >= 15 is 0 Å². The highest BCUT2D eigenvalue weighted by Crippen LogP contribution is 2.29. The zero-order chi connectivity index (χ0) is 20.4. The Bertz CT molecular complexity index is 1160. The third kappa shape index (κ3) is 4.03. The van der Waals surface area contributed by atoms with Crippen molar-refractivity contribution in [2.24, 2.45) is 0 Å². The summed E-state index contributed by atoms with van der Waals surface area (Å²) in [4.78, 5) is 14.4. The lowest BCUT2D eigenvalue weighted by molar-refractivity contribution is 0.0955. The van der Waals surface area contributed by atoms with E-state index in [0.29, 0.717) is 18.0 Å². The quantitative estimate of drug-likeness (QED) is 0.506. The second-order valence-corrected chi connectivity index (χ2v) is 8.08. The van der Waals surface area contributed by atoms with E-state index in [1.807, 2.05) is 41.9 Å². The SMILES string of the molecule is COc1ccccc1CNC(=O)c1cc2c(C)nn(Cc3ccc(C)cc3)c2s1. The summed E-state index contributed by atoms with van der Waals surface area (Å²) in [6, 6.07) is 18.1. The van der Waals surface area contributed by atoms with Gasteiger partial charge < -0.3 is 10.1 Å². The predicted molar refractivity (Wildman–Crippen MR) is 117 cm³/mol. The highest BCUT2D eigenvalue weighted by Gasteiger charge is 2.17. The molecule has 0 saturated heterocycles. The molecule has 2 aromatic heterocycles. The molecule has 5 nitrogen and oxygen atoms in total. The Labute approximate surface area is 173 Å². The summed E-state index contributed by atoms with van der Waals surface area (Å²) in [5.41, 5.74) is 4.31. The first-order valence-electron chi connectivity index (χ1n) is 9.47. The first-order valence-corrected chi connectivity index (χ1v) is 10.3. The number of nitrogens with one attached hydrogen (secondary N) is 1. The van der Waals surface area contributed by atoms with Crippen molar-refractivity contribution < 1.29 is 9.53 Å². The number of benzene rings is 2. The fourth-order valence-corrected chi connectivity index (χ4v) is 4.39. The summed E-state index contributed by atoms with van der Waals surface area (Å²) < 4.78 is 7.34. The van der Waals surface area contributed by atoms with Crippen LogP contribution in [0.15, 0.2) is 54.6 Å². The molecule has 148 valence electrons. The van der Waals surface area contributed by atoms with Gasteiger partial charge in [0.05, 0.1) is 24.2 Å². The largest absolute Gasteiger partial charge is 0.496 e. The van der Waals surface area contributed by atoms with Crippen LogP contribution in [0.25, 0.3) is 10.2 Å². The third-order valence-electron chi connectivity index (χ3n) is 4.92. The molecular formula is C23H23N3O2S. The van der Waals surface area contributed by atoms with E-state index in [9.17, 15) is 4.79 Å². The molecule has 0 radical (unpaired) electrons. The van der Waals surface area contributed by atoms with Gasteiger partial charge in [-0.2, -0.15) is 5.10 Å². The number of aromatic nitrogens is 2. The number of para-hydroxylation sites is 1. The summed E-state index contributed by atoms with van der Waals surface area (Å²) in [5.74, 6) is 0.687. The Morgan fingerprint density at radius 1 is 1.14 bits per heavy atom. The maximum Gasteiger partial charge on any atom is 0.261 e. The van der Waals surface area contributed by atoms with Gasteiger partial charge in [0, 0.05) is 17.5 Å². The maximum absolute atomic E-state index is 12.7. The standard InChI is InChI=1S/C23H23N3O2S/c1-15-8-10-17(11-9-15)14-26-23-19(16(2)25-26)12-21(29-23)22(27)24-13-18-6-4-5-7-20(18)28-3/h4-12H,13-14H2,1-3H3,(H,24,27). The summed E-state index contributed by atoms with van der Waals surface area (Å²) in [7, 11) is 1.63. The van der Waals surface area contributed by atoms with E-state index in [2.05, 4.69) is 41.6 Å². The number of amides is 1. The second kappa shape index (κ2) is 8.09. The minimum atomic E-state index is -0.0848. The number of hydrogen-bond acceptors (Lipinski definition) is 4. The molecule has 0 aliphatic rings. The summed E-state index contributed by atoms with van der Waals surface area (Å²) in [5, 5.41) is 8.69. The second-order valence-electron chi connectivity index (χ2n) is 7.05. The van der Waals surface area contributed by atoms with Crippen LogP contribution in [-0.4, -0.2) is 22.8 Å². The Morgan fingerprint density at radius 2 is 1.90 bits per heavy atom. The fraction of sp³-hybridized carbons (Fsp3) is 0.217. The molecule has 0 bridgehead atoms. The molecule has 0 unspecified atom stereocenters. The smallest absolute Gasteiger partial charge is 0.261 e. The minimum Gasteiger partial charge on any atom is -0.496 e. The molecule has 2 aromatic carbocycles. The lowest BCUT2D eigenvalue weighted by atomic mass is 10.1. The van der Waals surface area contributed by atoms with Crippen molar-refractivity contribution in [2.75, 3.05) is 7.11 Å². The van der Waals surface area contributed by atoms with Gasteiger partial charge in [-0.25, -0.2) is 0 Å². The van der Waals surface area contributed by atoms with Crippen molar-refractivity contribution >= 4 is 27.5 Å². The number of nitrogens with zero attached hydrogens (tertiary/aromatic N) is 2. The Hall–Kier alpha value is -3.12. The van der Waals surface area contributed by atoms with Crippen LogP contribution >= 0.6 is 11.3 Å². The number of carbonyl (C=O) groups excluding carboxylic acids is 1. The molecule has 4 aromatic rings. The van der Waals surface area contributed by atoms with E-state index in [0.717, 1.165) is 27.2 Å². The molecule has 0 fully saturated rings. The number of fused-ring (bicyclic) bond motifs is 1. The molecule has 0 aliphatic heterocycles. The topological polar surface area (TPSA) is 56.1 Å². The lowest BCUT2D eigenvalue weighted by Crippen LogP contribution is -2.22. The monoisotopic (exact) mass is 405 g/mol. The van der Waals surface area contributed by atoms with E-state index in [1.54, 1.807) is 7.11 Å². The van der Waals surface area contributed by atoms with Crippen LogP contribution in [0.2, 0.25) is 0 Å². The number of rotatable bonds is 6. The molecular weight excluding hydrogens is 382 g/mol. The van der Waals surface area contributed by atoms with Gasteiger partial charge in [-0.3, -0.25) is 9.48 Å². The molecule has 0 saturated carbocycles. The maximum atomic E-state index is 12.7. The van der Waals surface area contributed by atoms with Gasteiger partial charge in [0.25, 0.3) is 5.91 Å². The van der Waals surface area contributed by atoms with Crippen molar-refractivity contribution in [3.8, 4) is 5.75 Å². The molecule has 2 heterocycles. The molecule has 4 rings (SSSR count). The molecule has 29 heavy (non-hydrogen) atoms. The van der Waals surface area contributed by atoms with Crippen molar-refractivity contribution in [1.29, 1.82) is 0 Å². The van der Waals surface area contributed by atoms with Gasteiger partial charge in [0.2, 0.25) is 0 Å². The van der Waals surface area contributed by atoms with E-state index in [4.69, 9.17) is 4.74 Å². The van der Waals surface area contributed by atoms with Gasteiger partial charge in [0.1, 0.15) is 10.6 Å². The molecule has 0 aliphatic carbocycles. The van der Waals surface area contributed by atoms with E-state index < -0.39 is 0 Å². The molecule has 1 N–H and O–H groups in total. The highest BCUT2D eigenvalue weighted by atomic mass is 32.1. The third-order valence-corrected chi connectivity index (χ3v) is 6.06. The van der Waals surface area contributed by atoms with Gasteiger partial charge in [0.15, 0.2) is 0 Å². The van der Waals surface area contributed by atoms with E-state index in [-0.39, 0.29) is 5.91 Å². The Morgan fingerprint density at radius 3 is 2.66 bits per heavy atom. The number of carbonyl (C=O) groups is 1. The number of ether oxygens (including phenoxy) is 1. The zero-order valence-corrected chi connectivity index (χ0v) is 17.5. The first-order chi connectivity index (χ1) is 14.0. The van der Waals surface area contributed by atoms with Gasteiger partial charge in [-0.05, 0) is 31.5 Å².